The Hall–Kier alpha value is -1.65. The lowest BCUT2D eigenvalue weighted by Gasteiger charge is -2.22. The Balaban J connectivity index is 1.95. The van der Waals surface area contributed by atoms with Crippen LogP contribution in [0.25, 0.3) is 0 Å². The number of hydrogen-bond acceptors (Lipinski definition) is 4. The molecule has 0 saturated carbocycles. The lowest BCUT2D eigenvalue weighted by Crippen LogP contribution is -2.30. The van der Waals surface area contributed by atoms with Gasteiger partial charge in [0.15, 0.2) is 0 Å². The third-order valence-corrected chi connectivity index (χ3v) is 3.57. The molecule has 3 nitrogen and oxygen atoms in total. The summed E-state index contributed by atoms with van der Waals surface area (Å²) < 4.78 is 0. The van der Waals surface area contributed by atoms with Gasteiger partial charge in [-0.3, -0.25) is 0 Å². The Kier molecular flexibility index (Phi) is 5.32. The summed E-state index contributed by atoms with van der Waals surface area (Å²) in [5.74, 6) is 0. The smallest absolute Gasteiger partial charge is 0.117 e. The quantitative estimate of drug-likeness (QED) is 0.375. The van der Waals surface area contributed by atoms with E-state index in [2.05, 4.69) is 30.1 Å². The van der Waals surface area contributed by atoms with E-state index in [0.29, 0.717) is 0 Å². The molecular weight excluding hydrogens is 268 g/mol. The molecule has 0 aromatic heterocycles. The lowest BCUT2D eigenvalue weighted by atomic mass is 10.1. The molecule has 0 saturated heterocycles. The number of nitrogens with two attached hydrogens (primary N) is 1. The highest BCUT2D eigenvalue weighted by atomic mass is 32.1. The summed E-state index contributed by atoms with van der Waals surface area (Å²) in [5, 5.41) is 13.1. The second-order valence-electron chi connectivity index (χ2n) is 4.81. The van der Waals surface area contributed by atoms with Gasteiger partial charge in [0.25, 0.3) is 0 Å². The van der Waals surface area contributed by atoms with E-state index in [1.807, 2.05) is 42.5 Å². The summed E-state index contributed by atoms with van der Waals surface area (Å²) in [6.07, 6.45) is 1.70. The minimum Gasteiger partial charge on any atom is -0.399 e. The number of rotatable bonds is 6. The summed E-state index contributed by atoms with van der Waals surface area (Å²) in [6.45, 7) is 0. The molecule has 20 heavy (non-hydrogen) atoms. The van der Waals surface area contributed by atoms with E-state index >= 15 is 0 Å². The number of benzene rings is 2. The van der Waals surface area contributed by atoms with Crippen LogP contribution in [0.4, 0.5) is 11.4 Å². The molecule has 0 radical (unpaired) electrons. The summed E-state index contributed by atoms with van der Waals surface area (Å²) >= 11 is 4.16. The number of nitrogens with one attached hydrogen (secondary N) is 1. The number of nitrogen functional groups attached to an aromatic ring is 1. The molecule has 0 amide bonds. The van der Waals surface area contributed by atoms with E-state index in [1.165, 1.54) is 5.56 Å². The highest BCUT2D eigenvalue weighted by Gasteiger charge is 2.15. The Labute approximate surface area is 125 Å². The molecule has 2 rings (SSSR count). The second-order valence-corrected chi connectivity index (χ2v) is 5.34. The van der Waals surface area contributed by atoms with Crippen LogP contribution in [0.2, 0.25) is 0 Å². The molecule has 2 atom stereocenters. The fourth-order valence-corrected chi connectivity index (χ4v) is 2.28. The van der Waals surface area contributed by atoms with Crippen molar-refractivity contribution in [3.8, 4) is 0 Å². The molecule has 2 aromatic rings. The van der Waals surface area contributed by atoms with Gasteiger partial charge < -0.3 is 16.2 Å². The molecule has 0 fully saturated rings. The van der Waals surface area contributed by atoms with Crippen molar-refractivity contribution >= 4 is 24.0 Å². The molecule has 0 aliphatic carbocycles. The Morgan fingerprint density at radius 1 is 1.05 bits per heavy atom. The van der Waals surface area contributed by atoms with Crippen molar-refractivity contribution in [1.29, 1.82) is 0 Å². The van der Waals surface area contributed by atoms with Crippen LogP contribution >= 0.6 is 12.6 Å². The van der Waals surface area contributed by atoms with Gasteiger partial charge >= 0.3 is 0 Å². The number of aliphatic hydroxyl groups excluding tert-OH is 1. The fraction of sp³-hybridized carbons (Fsp3) is 0.250. The predicted octanol–water partition coefficient (Wildman–Crippen LogP) is 2.93. The van der Waals surface area contributed by atoms with E-state index in [0.717, 1.165) is 24.2 Å². The van der Waals surface area contributed by atoms with Crippen LogP contribution in [0, 0.1) is 0 Å². The monoisotopic (exact) mass is 288 g/mol. The molecule has 0 spiro atoms. The predicted molar refractivity (Wildman–Crippen MR) is 88.0 cm³/mol. The highest BCUT2D eigenvalue weighted by molar-refractivity contribution is 7.80. The van der Waals surface area contributed by atoms with Crippen LogP contribution in [0.5, 0.6) is 0 Å². The average molecular weight is 288 g/mol. The van der Waals surface area contributed by atoms with Gasteiger partial charge in [0.05, 0.1) is 6.04 Å². The van der Waals surface area contributed by atoms with E-state index < -0.39 is 5.44 Å². The van der Waals surface area contributed by atoms with E-state index in [9.17, 15) is 5.11 Å². The molecule has 2 aromatic carbocycles. The Morgan fingerprint density at radius 3 is 2.30 bits per heavy atom. The standard InChI is InChI=1S/C16H20N2OS/c17-13-7-9-14(10-8-13)18-15(16(19)20)11-6-12-4-2-1-3-5-12/h1-5,7-10,15-16,18-20H,6,11,17H2. The topological polar surface area (TPSA) is 58.3 Å². The summed E-state index contributed by atoms with van der Waals surface area (Å²) in [4.78, 5) is 0. The van der Waals surface area contributed by atoms with Gasteiger partial charge in [-0.15, -0.1) is 12.6 Å². The summed E-state index contributed by atoms with van der Waals surface area (Å²) in [7, 11) is 0. The molecule has 4 heteroatoms. The first-order chi connectivity index (χ1) is 9.65. The van der Waals surface area contributed by atoms with E-state index in [1.54, 1.807) is 0 Å². The van der Waals surface area contributed by atoms with E-state index in [4.69, 9.17) is 5.73 Å². The fourth-order valence-electron chi connectivity index (χ4n) is 2.06. The van der Waals surface area contributed by atoms with Crippen LogP contribution in [-0.2, 0) is 6.42 Å². The van der Waals surface area contributed by atoms with Crippen LogP contribution in [-0.4, -0.2) is 16.6 Å². The van der Waals surface area contributed by atoms with Gasteiger partial charge in [0.2, 0.25) is 0 Å². The first-order valence-corrected chi connectivity index (χ1v) is 7.19. The van der Waals surface area contributed by atoms with Gasteiger partial charge in [-0.25, -0.2) is 0 Å². The van der Waals surface area contributed by atoms with Gasteiger partial charge in [0, 0.05) is 11.4 Å². The lowest BCUT2D eigenvalue weighted by molar-refractivity contribution is 0.236. The normalized spacial score (nSPS) is 13.7. The van der Waals surface area contributed by atoms with Crippen molar-refractivity contribution in [2.45, 2.75) is 24.3 Å². The zero-order valence-corrected chi connectivity index (χ0v) is 12.1. The molecule has 0 heterocycles. The Morgan fingerprint density at radius 2 is 1.70 bits per heavy atom. The molecule has 2 unspecified atom stereocenters. The number of hydrogen-bond donors (Lipinski definition) is 4. The molecule has 106 valence electrons. The maximum Gasteiger partial charge on any atom is 0.117 e. The first-order valence-electron chi connectivity index (χ1n) is 6.67. The maximum absolute atomic E-state index is 9.78. The number of aliphatic hydroxyl groups is 1. The minimum atomic E-state index is -0.712. The third kappa shape index (κ3) is 4.47. The minimum absolute atomic E-state index is 0.109. The summed E-state index contributed by atoms with van der Waals surface area (Å²) in [5.41, 5.74) is 7.86. The summed E-state index contributed by atoms with van der Waals surface area (Å²) in [6, 6.07) is 17.6. The largest absolute Gasteiger partial charge is 0.399 e. The van der Waals surface area contributed by atoms with E-state index in [-0.39, 0.29) is 6.04 Å². The van der Waals surface area contributed by atoms with Crippen molar-refractivity contribution in [2.75, 3.05) is 11.1 Å². The maximum atomic E-state index is 9.78. The van der Waals surface area contributed by atoms with Crippen molar-refractivity contribution < 1.29 is 5.11 Å². The third-order valence-electron chi connectivity index (χ3n) is 3.21. The number of thiol groups is 1. The highest BCUT2D eigenvalue weighted by Crippen LogP contribution is 2.17. The van der Waals surface area contributed by atoms with Crippen molar-refractivity contribution in [3.05, 3.63) is 60.2 Å². The first kappa shape index (κ1) is 14.8. The van der Waals surface area contributed by atoms with Crippen LogP contribution in [0.1, 0.15) is 12.0 Å². The van der Waals surface area contributed by atoms with Crippen LogP contribution in [0.3, 0.4) is 0 Å². The Bertz CT molecular complexity index is 514. The SMILES string of the molecule is Nc1ccc(NC(CCc2ccccc2)C(O)S)cc1. The zero-order chi connectivity index (χ0) is 14.4. The number of anilines is 2. The van der Waals surface area contributed by atoms with Crippen molar-refractivity contribution in [3.63, 3.8) is 0 Å². The molecule has 0 aliphatic rings. The van der Waals surface area contributed by atoms with Gasteiger partial charge in [-0.05, 0) is 42.7 Å². The zero-order valence-electron chi connectivity index (χ0n) is 11.2. The van der Waals surface area contributed by atoms with Gasteiger partial charge in [0.1, 0.15) is 5.44 Å². The van der Waals surface area contributed by atoms with Gasteiger partial charge in [-0.2, -0.15) is 0 Å². The molecular formula is C16H20N2OS. The second kappa shape index (κ2) is 7.22. The van der Waals surface area contributed by atoms with Crippen molar-refractivity contribution in [1.82, 2.24) is 0 Å². The number of aryl methyl sites for hydroxylation is 1. The molecule has 0 bridgehead atoms. The molecule has 4 N–H and O–H groups in total. The van der Waals surface area contributed by atoms with Crippen LogP contribution in [0.15, 0.2) is 54.6 Å². The van der Waals surface area contributed by atoms with Crippen molar-refractivity contribution in [2.24, 2.45) is 0 Å². The molecule has 0 aliphatic heterocycles. The van der Waals surface area contributed by atoms with Crippen LogP contribution < -0.4 is 11.1 Å². The average Bonchev–Trinajstić information content (AvgIpc) is 2.46. The van der Waals surface area contributed by atoms with Gasteiger partial charge in [-0.1, -0.05) is 30.3 Å².